The SMILES string of the molecule is CC(C)[C@H](C)NC(=O)C[NH+](C)CC(=O)Nc1ccc(F)c(F)c1F. The molecule has 0 aliphatic rings. The molecule has 0 bridgehead atoms. The van der Waals surface area contributed by atoms with Gasteiger partial charge in [0, 0.05) is 6.04 Å². The van der Waals surface area contributed by atoms with Crippen LogP contribution in [-0.4, -0.2) is 38.0 Å². The van der Waals surface area contributed by atoms with E-state index in [-0.39, 0.29) is 31.0 Å². The first kappa shape index (κ1) is 20.0. The van der Waals surface area contributed by atoms with Gasteiger partial charge in [0.2, 0.25) is 0 Å². The summed E-state index contributed by atoms with van der Waals surface area (Å²) < 4.78 is 39.4. The Morgan fingerprint density at radius 3 is 2.21 bits per heavy atom. The molecule has 0 saturated carbocycles. The van der Waals surface area contributed by atoms with E-state index in [0.717, 1.165) is 12.1 Å². The molecule has 5 nitrogen and oxygen atoms in total. The molecule has 2 amide bonds. The van der Waals surface area contributed by atoms with Crippen molar-refractivity contribution >= 4 is 17.5 Å². The molecule has 0 heterocycles. The van der Waals surface area contributed by atoms with Gasteiger partial charge in [-0.2, -0.15) is 0 Å². The van der Waals surface area contributed by atoms with Crippen LogP contribution in [0.2, 0.25) is 0 Å². The molecule has 0 fully saturated rings. The topological polar surface area (TPSA) is 62.6 Å². The fraction of sp³-hybridized carbons (Fsp3) is 0.500. The smallest absolute Gasteiger partial charge is 0.279 e. The lowest BCUT2D eigenvalue weighted by Crippen LogP contribution is -3.11. The molecule has 0 radical (unpaired) electrons. The third-order valence-electron chi connectivity index (χ3n) is 3.62. The van der Waals surface area contributed by atoms with Gasteiger partial charge in [-0.05, 0) is 25.0 Å². The van der Waals surface area contributed by atoms with Crippen LogP contribution < -0.4 is 15.5 Å². The maximum atomic E-state index is 13.5. The van der Waals surface area contributed by atoms with Crippen molar-refractivity contribution in [1.82, 2.24) is 5.32 Å². The number of quaternary nitrogens is 1. The molecule has 1 aromatic carbocycles. The highest BCUT2D eigenvalue weighted by Gasteiger charge is 2.19. The van der Waals surface area contributed by atoms with Crippen LogP contribution in [0.1, 0.15) is 20.8 Å². The number of carbonyl (C=O) groups excluding carboxylic acids is 2. The van der Waals surface area contributed by atoms with Crippen LogP contribution >= 0.6 is 0 Å². The number of halogens is 3. The third kappa shape index (κ3) is 5.84. The van der Waals surface area contributed by atoms with Gasteiger partial charge in [-0.3, -0.25) is 9.59 Å². The lowest BCUT2D eigenvalue weighted by Gasteiger charge is -2.19. The summed E-state index contributed by atoms with van der Waals surface area (Å²) in [5.41, 5.74) is -0.440. The van der Waals surface area contributed by atoms with Gasteiger partial charge in [0.1, 0.15) is 0 Å². The number of hydrogen-bond acceptors (Lipinski definition) is 2. The number of likely N-dealkylation sites (N-methyl/N-ethyl adjacent to an activating group) is 1. The van der Waals surface area contributed by atoms with E-state index in [1.807, 2.05) is 20.8 Å². The second kappa shape index (κ2) is 8.68. The van der Waals surface area contributed by atoms with Crippen molar-refractivity contribution in [2.75, 3.05) is 25.5 Å². The highest BCUT2D eigenvalue weighted by molar-refractivity contribution is 5.91. The van der Waals surface area contributed by atoms with Gasteiger partial charge in [-0.15, -0.1) is 0 Å². The minimum atomic E-state index is -1.64. The van der Waals surface area contributed by atoms with Crippen LogP contribution in [0.15, 0.2) is 12.1 Å². The molecule has 2 atom stereocenters. The van der Waals surface area contributed by atoms with E-state index in [1.54, 1.807) is 7.05 Å². The van der Waals surface area contributed by atoms with E-state index in [9.17, 15) is 22.8 Å². The van der Waals surface area contributed by atoms with E-state index in [4.69, 9.17) is 0 Å². The summed E-state index contributed by atoms with van der Waals surface area (Å²) in [6, 6.07) is 1.68. The molecule has 0 spiro atoms. The maximum absolute atomic E-state index is 13.5. The molecular formula is C16H23F3N3O2+. The van der Waals surface area contributed by atoms with E-state index in [2.05, 4.69) is 10.6 Å². The van der Waals surface area contributed by atoms with Gasteiger partial charge < -0.3 is 15.5 Å². The average molecular weight is 346 g/mol. The third-order valence-corrected chi connectivity index (χ3v) is 3.62. The molecule has 1 aromatic rings. The van der Waals surface area contributed by atoms with Gasteiger partial charge in [0.25, 0.3) is 11.8 Å². The molecular weight excluding hydrogens is 323 g/mol. The first-order chi connectivity index (χ1) is 11.1. The fourth-order valence-corrected chi connectivity index (χ4v) is 1.90. The zero-order chi connectivity index (χ0) is 18.4. The van der Waals surface area contributed by atoms with Crippen molar-refractivity contribution in [3.63, 3.8) is 0 Å². The Bertz CT molecular complexity index is 608. The van der Waals surface area contributed by atoms with E-state index >= 15 is 0 Å². The minimum Gasteiger partial charge on any atom is -0.348 e. The summed E-state index contributed by atoms with van der Waals surface area (Å²) in [7, 11) is 1.63. The predicted molar refractivity (Wildman–Crippen MR) is 84.0 cm³/mol. The Hall–Kier alpha value is -2.09. The largest absolute Gasteiger partial charge is 0.348 e. The first-order valence-corrected chi connectivity index (χ1v) is 7.65. The molecule has 0 aliphatic heterocycles. The summed E-state index contributed by atoms with van der Waals surface area (Å²) in [4.78, 5) is 24.2. The van der Waals surface area contributed by atoms with Crippen molar-refractivity contribution in [3.05, 3.63) is 29.6 Å². The molecule has 8 heteroatoms. The molecule has 0 saturated heterocycles. The summed E-state index contributed by atoms with van der Waals surface area (Å²) in [6.07, 6.45) is 0. The number of rotatable bonds is 7. The van der Waals surface area contributed by atoms with Crippen molar-refractivity contribution in [3.8, 4) is 0 Å². The molecule has 0 aromatic heterocycles. The summed E-state index contributed by atoms with van der Waals surface area (Å²) >= 11 is 0. The number of nitrogens with one attached hydrogen (secondary N) is 3. The van der Waals surface area contributed by atoms with Gasteiger partial charge in [-0.1, -0.05) is 13.8 Å². The van der Waals surface area contributed by atoms with Crippen molar-refractivity contribution < 1.29 is 27.7 Å². The zero-order valence-corrected chi connectivity index (χ0v) is 14.2. The standard InChI is InChI=1S/C16H22F3N3O2/c1-9(2)10(3)20-13(23)7-22(4)8-14(24)21-12-6-5-11(17)15(18)16(12)19/h5-6,9-10H,7-8H2,1-4H3,(H,20,23)(H,21,24)/p+1/t10-/m0/s1. The van der Waals surface area contributed by atoms with Crippen LogP contribution in [0.5, 0.6) is 0 Å². The second-order valence-corrected chi connectivity index (χ2v) is 6.18. The Morgan fingerprint density at radius 2 is 1.62 bits per heavy atom. The molecule has 24 heavy (non-hydrogen) atoms. The Labute approximate surface area is 139 Å². The van der Waals surface area contributed by atoms with Crippen LogP contribution in [0.25, 0.3) is 0 Å². The number of anilines is 1. The van der Waals surface area contributed by atoms with Gasteiger partial charge in [0.05, 0.1) is 12.7 Å². The van der Waals surface area contributed by atoms with Crippen LogP contribution in [-0.2, 0) is 9.59 Å². The highest BCUT2D eigenvalue weighted by Crippen LogP contribution is 2.19. The van der Waals surface area contributed by atoms with Crippen LogP contribution in [0.3, 0.4) is 0 Å². The Morgan fingerprint density at radius 1 is 1.04 bits per heavy atom. The van der Waals surface area contributed by atoms with Crippen LogP contribution in [0, 0.1) is 23.4 Å². The highest BCUT2D eigenvalue weighted by atomic mass is 19.2. The van der Waals surface area contributed by atoms with Gasteiger partial charge in [-0.25, -0.2) is 13.2 Å². The summed E-state index contributed by atoms with van der Waals surface area (Å²) in [6.45, 7) is 5.78. The average Bonchev–Trinajstić information content (AvgIpc) is 2.47. The molecule has 3 N–H and O–H groups in total. The fourth-order valence-electron chi connectivity index (χ4n) is 1.90. The van der Waals surface area contributed by atoms with E-state index in [1.165, 1.54) is 0 Å². The Kier molecular flexibility index (Phi) is 7.21. The van der Waals surface area contributed by atoms with E-state index in [0.29, 0.717) is 4.90 Å². The number of hydrogen-bond donors (Lipinski definition) is 3. The number of carbonyl (C=O) groups is 2. The lowest BCUT2D eigenvalue weighted by molar-refractivity contribution is -0.862. The first-order valence-electron chi connectivity index (χ1n) is 7.65. The number of benzene rings is 1. The zero-order valence-electron chi connectivity index (χ0n) is 14.2. The Balaban J connectivity index is 2.53. The van der Waals surface area contributed by atoms with Crippen LogP contribution in [0.4, 0.5) is 18.9 Å². The van der Waals surface area contributed by atoms with E-state index < -0.39 is 29.0 Å². The predicted octanol–water partition coefficient (Wildman–Crippen LogP) is 0.718. The molecule has 1 rings (SSSR count). The monoisotopic (exact) mass is 346 g/mol. The van der Waals surface area contributed by atoms with Crippen molar-refractivity contribution in [1.29, 1.82) is 0 Å². The lowest BCUT2D eigenvalue weighted by atomic mass is 10.1. The maximum Gasteiger partial charge on any atom is 0.279 e. The molecule has 1 unspecified atom stereocenters. The molecule has 0 aliphatic carbocycles. The summed E-state index contributed by atoms with van der Waals surface area (Å²) in [5, 5.41) is 4.98. The quantitative estimate of drug-likeness (QED) is 0.637. The minimum absolute atomic E-state index is 0.00964. The van der Waals surface area contributed by atoms with Crippen molar-refractivity contribution in [2.45, 2.75) is 26.8 Å². The van der Waals surface area contributed by atoms with Gasteiger partial charge >= 0.3 is 0 Å². The normalized spacial score (nSPS) is 13.5. The molecule has 134 valence electrons. The van der Waals surface area contributed by atoms with Gasteiger partial charge in [0.15, 0.2) is 30.5 Å². The van der Waals surface area contributed by atoms with Crippen molar-refractivity contribution in [2.24, 2.45) is 5.92 Å². The number of amides is 2. The second-order valence-electron chi connectivity index (χ2n) is 6.18. The summed E-state index contributed by atoms with van der Waals surface area (Å²) in [5.74, 6) is -4.96.